The molecule has 0 aromatic rings. The quantitative estimate of drug-likeness (QED) is 0.753. The van der Waals surface area contributed by atoms with Gasteiger partial charge in [-0.05, 0) is 46.5 Å². The maximum absolute atomic E-state index is 12.4. The molecule has 0 aliphatic heterocycles. The highest BCUT2D eigenvalue weighted by atomic mass is 32.2. The number of rotatable bonds is 7. The van der Waals surface area contributed by atoms with Gasteiger partial charge in [0.2, 0.25) is 5.91 Å². The fraction of sp³-hybridized carbons (Fsp3) is 0.733. The summed E-state index contributed by atoms with van der Waals surface area (Å²) in [5.41, 5.74) is 6.78. The fourth-order valence-electron chi connectivity index (χ4n) is 2.32. The van der Waals surface area contributed by atoms with Crippen LogP contribution in [0, 0.1) is 0 Å². The third kappa shape index (κ3) is 5.04. The Kier molecular flexibility index (Phi) is 6.74. The molecule has 1 atom stereocenters. The van der Waals surface area contributed by atoms with Crippen molar-refractivity contribution in [2.75, 3.05) is 12.3 Å². The summed E-state index contributed by atoms with van der Waals surface area (Å²) in [6.07, 6.45) is 6.43. The summed E-state index contributed by atoms with van der Waals surface area (Å²) in [5, 5.41) is 9.00. The van der Waals surface area contributed by atoms with E-state index in [2.05, 4.69) is 6.08 Å². The zero-order chi connectivity index (χ0) is 16.0. The summed E-state index contributed by atoms with van der Waals surface area (Å²) in [6, 6.07) is -0.987. The van der Waals surface area contributed by atoms with E-state index in [1.807, 2.05) is 11.8 Å². The molecule has 3 N–H and O–H groups in total. The Bertz CT molecular complexity index is 421. The topological polar surface area (TPSA) is 83.6 Å². The maximum atomic E-state index is 12.4. The van der Waals surface area contributed by atoms with Crippen molar-refractivity contribution in [2.24, 2.45) is 5.73 Å². The molecule has 1 aliphatic carbocycles. The molecule has 0 heterocycles. The van der Waals surface area contributed by atoms with Crippen LogP contribution in [-0.2, 0) is 9.59 Å². The van der Waals surface area contributed by atoms with Crippen LogP contribution in [-0.4, -0.2) is 45.0 Å². The molecule has 6 heteroatoms. The van der Waals surface area contributed by atoms with Crippen molar-refractivity contribution in [2.45, 2.75) is 57.2 Å². The smallest absolute Gasteiger partial charge is 0.321 e. The van der Waals surface area contributed by atoms with Gasteiger partial charge < -0.3 is 15.7 Å². The van der Waals surface area contributed by atoms with Crippen molar-refractivity contribution in [3.63, 3.8) is 0 Å². The molecule has 0 bridgehead atoms. The van der Waals surface area contributed by atoms with E-state index in [-0.39, 0.29) is 11.7 Å². The van der Waals surface area contributed by atoms with Crippen molar-refractivity contribution in [3.05, 3.63) is 11.8 Å². The van der Waals surface area contributed by atoms with Crippen LogP contribution in [0.5, 0.6) is 0 Å². The molecule has 1 aliphatic rings. The Hall–Kier alpha value is -1.01. The minimum Gasteiger partial charge on any atom is -0.480 e. The number of aliphatic carboxylic acids is 1. The molecule has 0 aromatic heterocycles. The molecule has 0 fully saturated rings. The van der Waals surface area contributed by atoms with Crippen LogP contribution in [0.1, 0.15) is 46.5 Å². The predicted octanol–water partition coefficient (Wildman–Crippen LogP) is 2.22. The van der Waals surface area contributed by atoms with Gasteiger partial charge in [-0.2, -0.15) is 0 Å². The SMILES string of the molecule is CCN(C(=O)CSC(C)(C)[C@H](N)C(=O)O)C1=CCCCC1. The van der Waals surface area contributed by atoms with Crippen molar-refractivity contribution < 1.29 is 14.7 Å². The van der Waals surface area contributed by atoms with E-state index in [4.69, 9.17) is 10.8 Å². The van der Waals surface area contributed by atoms with Crippen molar-refractivity contribution in [1.82, 2.24) is 4.90 Å². The summed E-state index contributed by atoms with van der Waals surface area (Å²) in [7, 11) is 0. The average molecular weight is 314 g/mol. The molecular weight excluding hydrogens is 288 g/mol. The van der Waals surface area contributed by atoms with Crippen LogP contribution in [0.3, 0.4) is 0 Å². The van der Waals surface area contributed by atoms with E-state index >= 15 is 0 Å². The minimum atomic E-state index is -1.04. The second-order valence-corrected chi connectivity index (χ2v) is 7.42. The van der Waals surface area contributed by atoms with Crippen LogP contribution < -0.4 is 5.73 Å². The number of carbonyl (C=O) groups is 2. The normalized spacial score (nSPS) is 17.0. The first kappa shape index (κ1) is 18.0. The van der Waals surface area contributed by atoms with E-state index in [9.17, 15) is 9.59 Å². The van der Waals surface area contributed by atoms with Crippen LogP contribution >= 0.6 is 11.8 Å². The van der Waals surface area contributed by atoms with Gasteiger partial charge in [0.25, 0.3) is 0 Å². The lowest BCUT2D eigenvalue weighted by molar-refractivity contribution is -0.139. The van der Waals surface area contributed by atoms with Crippen molar-refractivity contribution in [1.29, 1.82) is 0 Å². The second-order valence-electron chi connectivity index (χ2n) is 5.79. The standard InChI is InChI=1S/C15H26N2O3S/c1-4-17(11-8-6-5-7-9-11)12(18)10-21-15(2,3)13(16)14(19)20/h8,13H,4-7,9-10,16H2,1-3H3,(H,19,20)/t13-/m1/s1. The number of nitrogens with zero attached hydrogens (tertiary/aromatic N) is 1. The summed E-state index contributed by atoms with van der Waals surface area (Å²) in [5.74, 6) is -0.761. The number of nitrogens with two attached hydrogens (primary N) is 1. The molecule has 0 spiro atoms. The van der Waals surface area contributed by atoms with Gasteiger partial charge >= 0.3 is 5.97 Å². The highest BCUT2D eigenvalue weighted by Gasteiger charge is 2.33. The van der Waals surface area contributed by atoms with Gasteiger partial charge in [0.15, 0.2) is 0 Å². The molecule has 1 rings (SSSR count). The number of hydrogen-bond acceptors (Lipinski definition) is 4. The summed E-state index contributed by atoms with van der Waals surface area (Å²) in [6.45, 7) is 6.14. The number of carboxylic acid groups (broad SMARTS) is 1. The number of carboxylic acids is 1. The first-order valence-electron chi connectivity index (χ1n) is 7.41. The van der Waals surface area contributed by atoms with Gasteiger partial charge in [-0.15, -0.1) is 11.8 Å². The summed E-state index contributed by atoms with van der Waals surface area (Å²) >= 11 is 1.31. The molecule has 0 aromatic carbocycles. The van der Waals surface area contributed by atoms with Crippen LogP contribution in [0.25, 0.3) is 0 Å². The molecular formula is C15H26N2O3S. The summed E-state index contributed by atoms with van der Waals surface area (Å²) in [4.78, 5) is 25.2. The van der Waals surface area contributed by atoms with Gasteiger partial charge in [0.05, 0.1) is 5.75 Å². The monoisotopic (exact) mass is 314 g/mol. The van der Waals surface area contributed by atoms with Crippen LogP contribution in [0.15, 0.2) is 11.8 Å². The lowest BCUT2D eigenvalue weighted by Crippen LogP contribution is -2.47. The van der Waals surface area contributed by atoms with Crippen LogP contribution in [0.2, 0.25) is 0 Å². The fourth-order valence-corrected chi connectivity index (χ4v) is 3.25. The van der Waals surface area contributed by atoms with Gasteiger partial charge in [-0.3, -0.25) is 9.59 Å². The van der Waals surface area contributed by atoms with E-state index < -0.39 is 16.8 Å². The van der Waals surface area contributed by atoms with E-state index in [0.29, 0.717) is 6.54 Å². The molecule has 5 nitrogen and oxygen atoms in total. The first-order chi connectivity index (χ1) is 9.79. The Labute approximate surface area is 130 Å². The minimum absolute atomic E-state index is 0.0290. The highest BCUT2D eigenvalue weighted by Crippen LogP contribution is 2.29. The molecule has 1 amide bonds. The number of hydrogen-bond donors (Lipinski definition) is 2. The average Bonchev–Trinajstić information content (AvgIpc) is 2.46. The van der Waals surface area contributed by atoms with Gasteiger partial charge in [-0.1, -0.05) is 6.08 Å². The molecule has 0 saturated carbocycles. The maximum Gasteiger partial charge on any atom is 0.321 e. The first-order valence-corrected chi connectivity index (χ1v) is 8.40. The van der Waals surface area contributed by atoms with Crippen molar-refractivity contribution >= 4 is 23.6 Å². The third-order valence-electron chi connectivity index (χ3n) is 3.81. The Balaban J connectivity index is 2.62. The van der Waals surface area contributed by atoms with Gasteiger partial charge in [-0.25, -0.2) is 0 Å². The Morgan fingerprint density at radius 2 is 2.14 bits per heavy atom. The van der Waals surface area contributed by atoms with Crippen molar-refractivity contribution in [3.8, 4) is 0 Å². The molecule has 0 radical (unpaired) electrons. The summed E-state index contributed by atoms with van der Waals surface area (Å²) < 4.78 is -0.679. The molecule has 0 saturated heterocycles. The van der Waals surface area contributed by atoms with E-state index in [1.54, 1.807) is 13.8 Å². The number of allylic oxidation sites excluding steroid dienone is 2. The predicted molar refractivity (Wildman–Crippen MR) is 86.1 cm³/mol. The number of amides is 1. The largest absolute Gasteiger partial charge is 0.480 e. The lowest BCUT2D eigenvalue weighted by Gasteiger charge is -2.30. The molecule has 21 heavy (non-hydrogen) atoms. The molecule has 120 valence electrons. The second kappa shape index (κ2) is 7.84. The van der Waals surface area contributed by atoms with Crippen LogP contribution in [0.4, 0.5) is 0 Å². The van der Waals surface area contributed by atoms with E-state index in [0.717, 1.165) is 25.0 Å². The van der Waals surface area contributed by atoms with E-state index in [1.165, 1.54) is 18.2 Å². The van der Waals surface area contributed by atoms with Gasteiger partial charge in [0.1, 0.15) is 6.04 Å². The third-order valence-corrected chi connectivity index (χ3v) is 5.20. The highest BCUT2D eigenvalue weighted by molar-refractivity contribution is 8.01. The zero-order valence-corrected chi connectivity index (χ0v) is 13.9. The lowest BCUT2D eigenvalue weighted by atomic mass is 10.0. The number of thioether (sulfide) groups is 1. The Morgan fingerprint density at radius 1 is 1.48 bits per heavy atom. The Morgan fingerprint density at radius 3 is 2.62 bits per heavy atom. The molecule has 0 unspecified atom stereocenters. The van der Waals surface area contributed by atoms with Gasteiger partial charge in [0, 0.05) is 17.0 Å². The number of carbonyl (C=O) groups excluding carboxylic acids is 1. The zero-order valence-electron chi connectivity index (χ0n) is 13.1.